The molecule has 2 aliphatic rings. The number of methoxy groups -OCH3 is 1. The number of aromatic amines is 1. The zero-order chi connectivity index (χ0) is 25.5. The maximum Gasteiger partial charge on any atom is 0.254 e. The lowest BCUT2D eigenvalue weighted by molar-refractivity contribution is 0.0586. The summed E-state index contributed by atoms with van der Waals surface area (Å²) >= 11 is 0. The molecule has 6 rings (SSSR count). The Morgan fingerprint density at radius 1 is 1.05 bits per heavy atom. The molecule has 4 aromatic rings. The van der Waals surface area contributed by atoms with Crippen molar-refractivity contribution < 1.29 is 19.0 Å². The van der Waals surface area contributed by atoms with E-state index in [1.54, 1.807) is 7.11 Å². The maximum absolute atomic E-state index is 13.9. The van der Waals surface area contributed by atoms with E-state index in [1.165, 1.54) is 22.1 Å². The van der Waals surface area contributed by atoms with Crippen molar-refractivity contribution in [3.63, 3.8) is 0 Å². The minimum absolute atomic E-state index is 0.0760. The van der Waals surface area contributed by atoms with Gasteiger partial charge in [0, 0.05) is 28.7 Å². The van der Waals surface area contributed by atoms with E-state index in [0.717, 1.165) is 53.3 Å². The largest absolute Gasteiger partial charge is 0.497 e. The van der Waals surface area contributed by atoms with Crippen LogP contribution in [0.1, 0.15) is 52.6 Å². The standard InChI is InChI=1S/C31H32N2O4/c1-4-20-5-8-22(9-6-20)31(34)33-14-13-24-25-17-23(35-3)10-11-26(25)32-29(24)30(33)19(2)15-21-7-12-27-28(16-21)37-18-36-27/h5-12,16-17,19,30,32H,4,13-15,18H2,1-3H3. The molecule has 2 aliphatic heterocycles. The highest BCUT2D eigenvalue weighted by molar-refractivity contribution is 5.95. The van der Waals surface area contributed by atoms with Gasteiger partial charge in [0.25, 0.3) is 5.91 Å². The third-order valence-corrected chi connectivity index (χ3v) is 7.78. The molecule has 0 aliphatic carbocycles. The highest BCUT2D eigenvalue weighted by Gasteiger charge is 2.37. The number of aromatic nitrogens is 1. The van der Waals surface area contributed by atoms with Crippen LogP contribution in [0.15, 0.2) is 60.7 Å². The number of hydrogen-bond acceptors (Lipinski definition) is 4. The molecule has 1 N–H and O–H groups in total. The topological polar surface area (TPSA) is 63.8 Å². The molecular weight excluding hydrogens is 464 g/mol. The van der Waals surface area contributed by atoms with Crippen molar-refractivity contribution in [1.29, 1.82) is 0 Å². The van der Waals surface area contributed by atoms with Gasteiger partial charge in [0.15, 0.2) is 11.5 Å². The number of carbonyl (C=O) groups excluding carboxylic acids is 1. The number of H-pyrrole nitrogens is 1. The van der Waals surface area contributed by atoms with Crippen molar-refractivity contribution >= 4 is 16.8 Å². The fourth-order valence-electron chi connectivity index (χ4n) is 5.84. The first-order valence-corrected chi connectivity index (χ1v) is 13.0. The molecule has 6 nitrogen and oxygen atoms in total. The van der Waals surface area contributed by atoms with Crippen LogP contribution in [0.4, 0.5) is 0 Å². The molecule has 0 radical (unpaired) electrons. The fraction of sp³-hybridized carbons (Fsp3) is 0.323. The second-order valence-corrected chi connectivity index (χ2v) is 10.0. The summed E-state index contributed by atoms with van der Waals surface area (Å²) in [5.74, 6) is 2.65. The van der Waals surface area contributed by atoms with Crippen molar-refractivity contribution in [2.75, 3.05) is 20.4 Å². The third kappa shape index (κ3) is 4.20. The van der Waals surface area contributed by atoms with E-state index in [2.05, 4.69) is 60.1 Å². The molecule has 3 heterocycles. The molecule has 2 atom stereocenters. The molecule has 0 spiro atoms. The van der Waals surface area contributed by atoms with Gasteiger partial charge in [-0.25, -0.2) is 0 Å². The number of hydrogen-bond donors (Lipinski definition) is 1. The van der Waals surface area contributed by atoms with Gasteiger partial charge in [-0.1, -0.05) is 32.0 Å². The lowest BCUT2D eigenvalue weighted by Gasteiger charge is -2.39. The van der Waals surface area contributed by atoms with Gasteiger partial charge in [-0.05, 0) is 84.3 Å². The van der Waals surface area contributed by atoms with E-state index in [1.807, 2.05) is 24.3 Å². The van der Waals surface area contributed by atoms with E-state index in [0.29, 0.717) is 6.54 Å². The van der Waals surface area contributed by atoms with E-state index >= 15 is 0 Å². The summed E-state index contributed by atoms with van der Waals surface area (Å²) in [5, 5.41) is 1.18. The Bertz CT molecular complexity index is 1460. The average Bonchev–Trinajstić information content (AvgIpc) is 3.55. The van der Waals surface area contributed by atoms with E-state index in [4.69, 9.17) is 14.2 Å². The molecule has 1 amide bonds. The minimum Gasteiger partial charge on any atom is -0.497 e. The van der Waals surface area contributed by atoms with E-state index in [-0.39, 0.29) is 24.7 Å². The molecule has 0 saturated heterocycles. The van der Waals surface area contributed by atoms with Crippen LogP contribution in [-0.2, 0) is 19.3 Å². The summed E-state index contributed by atoms with van der Waals surface area (Å²) in [6.07, 6.45) is 2.56. The second-order valence-electron chi connectivity index (χ2n) is 10.0. The molecule has 190 valence electrons. The molecule has 3 aromatic carbocycles. The highest BCUT2D eigenvalue weighted by atomic mass is 16.7. The Labute approximate surface area is 217 Å². The quantitative estimate of drug-likeness (QED) is 0.351. The van der Waals surface area contributed by atoms with Crippen LogP contribution in [0.2, 0.25) is 0 Å². The van der Waals surface area contributed by atoms with Gasteiger partial charge < -0.3 is 24.1 Å². The lowest BCUT2D eigenvalue weighted by Crippen LogP contribution is -2.43. The molecule has 6 heteroatoms. The number of ether oxygens (including phenoxy) is 3. The minimum atomic E-state index is -0.0917. The van der Waals surface area contributed by atoms with Crippen LogP contribution in [0.25, 0.3) is 10.9 Å². The van der Waals surface area contributed by atoms with Crippen molar-refractivity contribution in [3.8, 4) is 17.2 Å². The predicted octanol–water partition coefficient (Wildman–Crippen LogP) is 6.09. The smallest absolute Gasteiger partial charge is 0.254 e. The molecule has 0 saturated carbocycles. The van der Waals surface area contributed by atoms with Gasteiger partial charge >= 0.3 is 0 Å². The number of nitrogens with one attached hydrogen (secondary N) is 1. The van der Waals surface area contributed by atoms with E-state index < -0.39 is 0 Å². The summed E-state index contributed by atoms with van der Waals surface area (Å²) in [6, 6.07) is 20.2. The molecule has 2 unspecified atom stereocenters. The Morgan fingerprint density at radius 2 is 1.84 bits per heavy atom. The third-order valence-electron chi connectivity index (χ3n) is 7.78. The number of amides is 1. The van der Waals surface area contributed by atoms with Crippen LogP contribution in [0.5, 0.6) is 17.2 Å². The van der Waals surface area contributed by atoms with Crippen molar-refractivity contribution in [1.82, 2.24) is 9.88 Å². The fourth-order valence-corrected chi connectivity index (χ4v) is 5.84. The van der Waals surface area contributed by atoms with Crippen LogP contribution in [0, 0.1) is 5.92 Å². The van der Waals surface area contributed by atoms with Gasteiger partial charge in [0.1, 0.15) is 5.75 Å². The number of fused-ring (bicyclic) bond motifs is 4. The number of carbonyl (C=O) groups is 1. The lowest BCUT2D eigenvalue weighted by atomic mass is 9.85. The Kier molecular flexibility index (Phi) is 6.03. The van der Waals surface area contributed by atoms with Gasteiger partial charge in [-0.2, -0.15) is 0 Å². The summed E-state index contributed by atoms with van der Waals surface area (Å²) in [4.78, 5) is 19.7. The zero-order valence-corrected chi connectivity index (χ0v) is 21.5. The maximum atomic E-state index is 13.9. The van der Waals surface area contributed by atoms with Gasteiger partial charge in [-0.15, -0.1) is 0 Å². The molecular formula is C31H32N2O4. The highest BCUT2D eigenvalue weighted by Crippen LogP contribution is 2.42. The molecule has 37 heavy (non-hydrogen) atoms. The van der Waals surface area contributed by atoms with Gasteiger partial charge in [-0.3, -0.25) is 4.79 Å². The average molecular weight is 497 g/mol. The molecule has 0 fully saturated rings. The summed E-state index contributed by atoms with van der Waals surface area (Å²) in [6.45, 7) is 5.29. The zero-order valence-electron chi connectivity index (χ0n) is 21.5. The predicted molar refractivity (Wildman–Crippen MR) is 144 cm³/mol. The van der Waals surface area contributed by atoms with Gasteiger partial charge in [0.2, 0.25) is 6.79 Å². The van der Waals surface area contributed by atoms with Gasteiger partial charge in [0.05, 0.1) is 13.2 Å². The Morgan fingerprint density at radius 3 is 2.62 bits per heavy atom. The van der Waals surface area contributed by atoms with E-state index in [9.17, 15) is 4.79 Å². The number of nitrogens with zero attached hydrogens (tertiary/aromatic N) is 1. The first-order valence-electron chi connectivity index (χ1n) is 13.0. The molecule has 1 aromatic heterocycles. The summed E-state index contributed by atoms with van der Waals surface area (Å²) < 4.78 is 16.6. The Balaban J connectivity index is 1.39. The number of rotatable bonds is 6. The van der Waals surface area contributed by atoms with Crippen LogP contribution in [-0.4, -0.2) is 36.2 Å². The Hall–Kier alpha value is -3.93. The van der Waals surface area contributed by atoms with Crippen LogP contribution in [0.3, 0.4) is 0 Å². The van der Waals surface area contributed by atoms with Crippen LogP contribution >= 0.6 is 0 Å². The monoisotopic (exact) mass is 496 g/mol. The SMILES string of the molecule is CCc1ccc(C(=O)N2CCc3c([nH]c4ccc(OC)cc34)C2C(C)Cc2ccc3c(c2)OCO3)cc1. The van der Waals surface area contributed by atoms with Crippen molar-refractivity contribution in [2.24, 2.45) is 5.92 Å². The van der Waals surface area contributed by atoms with Crippen LogP contribution < -0.4 is 14.2 Å². The van der Waals surface area contributed by atoms with Crippen molar-refractivity contribution in [3.05, 3.63) is 88.6 Å². The molecule has 0 bridgehead atoms. The normalized spacial score (nSPS) is 17.1. The summed E-state index contributed by atoms with van der Waals surface area (Å²) in [7, 11) is 1.70. The number of benzene rings is 3. The van der Waals surface area contributed by atoms with Crippen molar-refractivity contribution in [2.45, 2.75) is 39.2 Å². The first-order chi connectivity index (χ1) is 18.1. The number of aryl methyl sites for hydroxylation is 1. The summed E-state index contributed by atoms with van der Waals surface area (Å²) in [5.41, 5.74) is 6.62. The first kappa shape index (κ1) is 23.5. The second kappa shape index (κ2) is 9.51.